The van der Waals surface area contributed by atoms with E-state index in [1.54, 1.807) is 0 Å². The van der Waals surface area contributed by atoms with E-state index in [1.165, 1.54) is 0 Å². The number of fused-ring (bicyclic) bond motifs is 1. The van der Waals surface area contributed by atoms with Gasteiger partial charge in [0.25, 0.3) is 5.91 Å². The van der Waals surface area contributed by atoms with Crippen molar-refractivity contribution < 1.29 is 4.79 Å². The average molecular weight is 329 g/mol. The van der Waals surface area contributed by atoms with Gasteiger partial charge in [-0.1, -0.05) is 68.5 Å². The van der Waals surface area contributed by atoms with E-state index in [9.17, 15) is 4.79 Å². The van der Waals surface area contributed by atoms with E-state index >= 15 is 0 Å². The first-order valence-corrected chi connectivity index (χ1v) is 8.76. The molecule has 0 spiro atoms. The molecule has 0 fully saturated rings. The van der Waals surface area contributed by atoms with E-state index in [1.807, 2.05) is 66.7 Å². The zero-order valence-corrected chi connectivity index (χ0v) is 14.6. The van der Waals surface area contributed by atoms with Crippen molar-refractivity contribution in [3.05, 3.63) is 84.4 Å². The molecule has 0 aliphatic heterocycles. The van der Waals surface area contributed by atoms with Gasteiger partial charge in [-0.25, -0.2) is 0 Å². The van der Waals surface area contributed by atoms with Crippen LogP contribution in [0.1, 0.15) is 42.1 Å². The number of allylic oxidation sites excluding steroid dienone is 1. The fraction of sp³-hybridized carbons (Fsp3) is 0.174. The number of anilines is 1. The predicted octanol–water partition coefficient (Wildman–Crippen LogP) is 6.30. The zero-order valence-electron chi connectivity index (χ0n) is 14.6. The van der Waals surface area contributed by atoms with Gasteiger partial charge in [-0.3, -0.25) is 4.79 Å². The minimum atomic E-state index is -0.0953. The molecule has 0 radical (unpaired) electrons. The molecule has 126 valence electrons. The summed E-state index contributed by atoms with van der Waals surface area (Å²) in [7, 11) is 0. The van der Waals surface area contributed by atoms with E-state index in [4.69, 9.17) is 0 Å². The molecule has 3 aromatic carbocycles. The number of unbranched alkanes of at least 4 members (excludes halogenated alkanes) is 1. The number of rotatable bonds is 6. The Balaban J connectivity index is 1.76. The van der Waals surface area contributed by atoms with Crippen molar-refractivity contribution in [1.82, 2.24) is 0 Å². The maximum absolute atomic E-state index is 12.6. The van der Waals surface area contributed by atoms with E-state index < -0.39 is 0 Å². The molecule has 0 aromatic heterocycles. The molecule has 0 atom stereocenters. The van der Waals surface area contributed by atoms with Crippen LogP contribution in [0, 0.1) is 0 Å². The highest BCUT2D eigenvalue weighted by molar-refractivity contribution is 6.09. The number of carbonyl (C=O) groups is 1. The molecular formula is C23H23NO. The standard InChI is InChI=1S/C23H23NO/c1-3-4-8-17(2)18-13-15-20(16-14-18)23(25)24-22-12-7-10-19-9-5-6-11-21(19)22/h5-7,9-16H,2-4,8H2,1H3,(H,24,25). The van der Waals surface area contributed by atoms with Gasteiger partial charge in [-0.15, -0.1) is 0 Å². The minimum Gasteiger partial charge on any atom is -0.321 e. The molecule has 2 nitrogen and oxygen atoms in total. The van der Waals surface area contributed by atoms with Gasteiger partial charge in [0.2, 0.25) is 0 Å². The second-order valence-corrected chi connectivity index (χ2v) is 6.27. The molecule has 25 heavy (non-hydrogen) atoms. The number of hydrogen-bond donors (Lipinski definition) is 1. The van der Waals surface area contributed by atoms with Crippen molar-refractivity contribution in [2.24, 2.45) is 0 Å². The van der Waals surface area contributed by atoms with E-state index in [0.29, 0.717) is 5.56 Å². The highest BCUT2D eigenvalue weighted by Gasteiger charge is 2.09. The van der Waals surface area contributed by atoms with Gasteiger partial charge in [0.1, 0.15) is 0 Å². The average Bonchev–Trinajstić information content (AvgIpc) is 2.66. The summed E-state index contributed by atoms with van der Waals surface area (Å²) in [5, 5.41) is 5.18. The molecule has 3 aromatic rings. The molecule has 1 amide bonds. The Hall–Kier alpha value is -2.87. The molecule has 1 N–H and O–H groups in total. The maximum atomic E-state index is 12.6. The Morgan fingerprint density at radius 3 is 2.36 bits per heavy atom. The van der Waals surface area contributed by atoms with Crippen LogP contribution >= 0.6 is 0 Å². The molecule has 0 aliphatic rings. The lowest BCUT2D eigenvalue weighted by atomic mass is 10.0. The largest absolute Gasteiger partial charge is 0.321 e. The summed E-state index contributed by atoms with van der Waals surface area (Å²) in [6.07, 6.45) is 3.30. The summed E-state index contributed by atoms with van der Waals surface area (Å²) in [6.45, 7) is 6.31. The van der Waals surface area contributed by atoms with Crippen LogP contribution in [0.5, 0.6) is 0 Å². The zero-order chi connectivity index (χ0) is 17.6. The molecule has 0 unspecified atom stereocenters. The fourth-order valence-electron chi connectivity index (χ4n) is 2.92. The van der Waals surface area contributed by atoms with Crippen molar-refractivity contribution in [1.29, 1.82) is 0 Å². The molecule has 3 rings (SSSR count). The second kappa shape index (κ2) is 7.80. The minimum absolute atomic E-state index is 0.0953. The fourth-order valence-corrected chi connectivity index (χ4v) is 2.92. The third-order valence-corrected chi connectivity index (χ3v) is 4.43. The van der Waals surface area contributed by atoms with Gasteiger partial charge in [0.05, 0.1) is 0 Å². The highest BCUT2D eigenvalue weighted by atomic mass is 16.1. The van der Waals surface area contributed by atoms with Gasteiger partial charge in [-0.05, 0) is 47.6 Å². The highest BCUT2D eigenvalue weighted by Crippen LogP contribution is 2.24. The number of nitrogens with one attached hydrogen (secondary N) is 1. The van der Waals surface area contributed by atoms with Crippen molar-refractivity contribution >= 4 is 27.9 Å². The van der Waals surface area contributed by atoms with Crippen LogP contribution in [0.15, 0.2) is 73.3 Å². The van der Waals surface area contributed by atoms with Crippen LogP contribution < -0.4 is 5.32 Å². The Kier molecular flexibility index (Phi) is 5.30. The third-order valence-electron chi connectivity index (χ3n) is 4.43. The van der Waals surface area contributed by atoms with Gasteiger partial charge in [-0.2, -0.15) is 0 Å². The summed E-state index contributed by atoms with van der Waals surface area (Å²) in [5.41, 5.74) is 3.72. The summed E-state index contributed by atoms with van der Waals surface area (Å²) < 4.78 is 0. The molecule has 0 heterocycles. The van der Waals surface area contributed by atoms with Crippen LogP contribution in [-0.2, 0) is 0 Å². The summed E-state index contributed by atoms with van der Waals surface area (Å²) in [4.78, 5) is 12.6. The number of amides is 1. The van der Waals surface area contributed by atoms with Gasteiger partial charge >= 0.3 is 0 Å². The lowest BCUT2D eigenvalue weighted by Crippen LogP contribution is -2.12. The second-order valence-electron chi connectivity index (χ2n) is 6.27. The molecule has 0 saturated heterocycles. The number of carbonyl (C=O) groups excluding carboxylic acids is 1. The molecule has 0 bridgehead atoms. The van der Waals surface area contributed by atoms with E-state index in [2.05, 4.69) is 18.8 Å². The number of benzene rings is 3. The molecule has 0 aliphatic carbocycles. The first-order chi connectivity index (χ1) is 12.2. The van der Waals surface area contributed by atoms with Crippen molar-refractivity contribution in [3.8, 4) is 0 Å². The van der Waals surface area contributed by atoms with Crippen LogP contribution in [0.2, 0.25) is 0 Å². The SMILES string of the molecule is C=C(CCCC)c1ccc(C(=O)Nc2cccc3ccccc23)cc1. The molecular weight excluding hydrogens is 306 g/mol. The molecule has 0 saturated carbocycles. The number of hydrogen-bond acceptors (Lipinski definition) is 1. The van der Waals surface area contributed by atoms with E-state index in [0.717, 1.165) is 46.9 Å². The van der Waals surface area contributed by atoms with Gasteiger partial charge < -0.3 is 5.32 Å². The Labute approximate surface area is 149 Å². The van der Waals surface area contributed by atoms with Crippen molar-refractivity contribution in [2.75, 3.05) is 5.32 Å². The van der Waals surface area contributed by atoms with Crippen LogP contribution in [0.25, 0.3) is 16.3 Å². The van der Waals surface area contributed by atoms with Crippen LogP contribution in [-0.4, -0.2) is 5.91 Å². The first kappa shape index (κ1) is 17.0. The monoisotopic (exact) mass is 329 g/mol. The predicted molar refractivity (Wildman–Crippen MR) is 107 cm³/mol. The lowest BCUT2D eigenvalue weighted by Gasteiger charge is -2.10. The van der Waals surface area contributed by atoms with Gasteiger partial charge in [0, 0.05) is 16.6 Å². The lowest BCUT2D eigenvalue weighted by molar-refractivity contribution is 0.102. The van der Waals surface area contributed by atoms with Crippen molar-refractivity contribution in [3.63, 3.8) is 0 Å². The Morgan fingerprint density at radius 1 is 0.920 bits per heavy atom. The van der Waals surface area contributed by atoms with Crippen LogP contribution in [0.4, 0.5) is 5.69 Å². The van der Waals surface area contributed by atoms with E-state index in [-0.39, 0.29) is 5.91 Å². The normalized spacial score (nSPS) is 10.6. The molecule has 2 heteroatoms. The van der Waals surface area contributed by atoms with Crippen molar-refractivity contribution in [2.45, 2.75) is 26.2 Å². The quantitative estimate of drug-likeness (QED) is 0.565. The summed E-state index contributed by atoms with van der Waals surface area (Å²) in [6, 6.07) is 21.7. The maximum Gasteiger partial charge on any atom is 0.255 e. The third kappa shape index (κ3) is 3.97. The smallest absolute Gasteiger partial charge is 0.255 e. The topological polar surface area (TPSA) is 29.1 Å². The Morgan fingerprint density at radius 2 is 1.60 bits per heavy atom. The van der Waals surface area contributed by atoms with Crippen LogP contribution in [0.3, 0.4) is 0 Å². The summed E-state index contributed by atoms with van der Waals surface area (Å²) >= 11 is 0. The Bertz CT molecular complexity index is 888. The first-order valence-electron chi connectivity index (χ1n) is 8.76. The summed E-state index contributed by atoms with van der Waals surface area (Å²) in [5.74, 6) is -0.0953. The van der Waals surface area contributed by atoms with Gasteiger partial charge in [0.15, 0.2) is 0 Å².